The highest BCUT2D eigenvalue weighted by Gasteiger charge is 2.23. The summed E-state index contributed by atoms with van der Waals surface area (Å²) >= 11 is 11.8. The molecule has 0 saturated carbocycles. The van der Waals surface area contributed by atoms with E-state index in [4.69, 9.17) is 27.9 Å². The molecule has 1 aromatic rings. The zero-order valence-corrected chi connectivity index (χ0v) is 13.4. The fraction of sp³-hybridized carbons (Fsp3) is 0.462. The molecule has 0 aromatic heterocycles. The van der Waals surface area contributed by atoms with Gasteiger partial charge in [0.1, 0.15) is 5.75 Å². The van der Waals surface area contributed by atoms with Crippen LogP contribution in [0.2, 0.25) is 10.0 Å². The van der Waals surface area contributed by atoms with Crippen molar-refractivity contribution in [2.45, 2.75) is 13.0 Å². The molecular weight excluding hydrogens is 323 g/mol. The summed E-state index contributed by atoms with van der Waals surface area (Å²) in [5.74, 6) is 0.453. The van der Waals surface area contributed by atoms with Crippen molar-refractivity contribution in [1.29, 1.82) is 0 Å². The van der Waals surface area contributed by atoms with E-state index < -0.39 is 6.10 Å². The molecular formula is C13H17Cl3N2O2. The van der Waals surface area contributed by atoms with Crippen molar-refractivity contribution >= 4 is 41.5 Å². The summed E-state index contributed by atoms with van der Waals surface area (Å²) in [6, 6.07) is 4.96. The van der Waals surface area contributed by atoms with E-state index in [2.05, 4.69) is 5.32 Å². The molecule has 4 nitrogen and oxygen atoms in total. The lowest BCUT2D eigenvalue weighted by molar-refractivity contribution is -0.138. The molecule has 0 bridgehead atoms. The van der Waals surface area contributed by atoms with Crippen LogP contribution in [0.3, 0.4) is 0 Å². The number of piperazine rings is 1. The van der Waals surface area contributed by atoms with Gasteiger partial charge in [0.05, 0.1) is 5.02 Å². The maximum Gasteiger partial charge on any atom is 0.263 e. The first-order valence-corrected chi connectivity index (χ1v) is 6.95. The Labute approximate surface area is 134 Å². The van der Waals surface area contributed by atoms with E-state index in [1.807, 2.05) is 0 Å². The van der Waals surface area contributed by atoms with E-state index in [9.17, 15) is 4.79 Å². The van der Waals surface area contributed by atoms with E-state index in [1.165, 1.54) is 0 Å². The Morgan fingerprint density at radius 3 is 2.60 bits per heavy atom. The van der Waals surface area contributed by atoms with Crippen LogP contribution in [0.4, 0.5) is 0 Å². The summed E-state index contributed by atoms with van der Waals surface area (Å²) < 4.78 is 5.61. The van der Waals surface area contributed by atoms with Crippen molar-refractivity contribution < 1.29 is 9.53 Å². The van der Waals surface area contributed by atoms with Crippen LogP contribution in [0.15, 0.2) is 18.2 Å². The molecule has 0 radical (unpaired) electrons. The molecule has 1 N–H and O–H groups in total. The van der Waals surface area contributed by atoms with Gasteiger partial charge in [-0.1, -0.05) is 23.2 Å². The van der Waals surface area contributed by atoms with Gasteiger partial charge in [0, 0.05) is 31.2 Å². The number of amides is 1. The molecule has 1 unspecified atom stereocenters. The highest BCUT2D eigenvalue weighted by atomic mass is 35.5. The Bertz CT molecular complexity index is 465. The summed E-state index contributed by atoms with van der Waals surface area (Å²) in [6.07, 6.45) is -0.559. The minimum atomic E-state index is -0.559. The minimum absolute atomic E-state index is 0. The van der Waals surface area contributed by atoms with Gasteiger partial charge >= 0.3 is 0 Å². The molecule has 1 saturated heterocycles. The van der Waals surface area contributed by atoms with Crippen molar-refractivity contribution in [2.75, 3.05) is 26.2 Å². The van der Waals surface area contributed by atoms with E-state index in [-0.39, 0.29) is 18.3 Å². The molecule has 0 spiro atoms. The van der Waals surface area contributed by atoms with Crippen LogP contribution in [-0.2, 0) is 4.79 Å². The molecule has 1 fully saturated rings. The lowest BCUT2D eigenvalue weighted by Crippen LogP contribution is -2.50. The smallest absolute Gasteiger partial charge is 0.263 e. The Balaban J connectivity index is 0.00000200. The SMILES string of the molecule is CC(Oc1ccc(Cl)cc1Cl)C(=O)N1CCNCC1.Cl. The molecule has 0 aliphatic carbocycles. The van der Waals surface area contributed by atoms with Crippen molar-refractivity contribution in [3.8, 4) is 5.75 Å². The van der Waals surface area contributed by atoms with Crippen molar-refractivity contribution in [2.24, 2.45) is 0 Å². The van der Waals surface area contributed by atoms with Crippen molar-refractivity contribution in [1.82, 2.24) is 10.2 Å². The second-order valence-electron chi connectivity index (χ2n) is 4.41. The molecule has 1 aliphatic heterocycles. The fourth-order valence-corrected chi connectivity index (χ4v) is 2.41. The number of carbonyl (C=O) groups excluding carboxylic acids is 1. The minimum Gasteiger partial charge on any atom is -0.479 e. The standard InChI is InChI=1S/C13H16Cl2N2O2.ClH/c1-9(13(18)17-6-4-16-5-7-17)19-12-3-2-10(14)8-11(12)15;/h2-3,8-9,16H,4-7H2,1H3;1H. The van der Waals surface area contributed by atoms with Gasteiger partial charge < -0.3 is 15.0 Å². The van der Waals surface area contributed by atoms with Gasteiger partial charge in [-0.15, -0.1) is 12.4 Å². The first kappa shape index (κ1) is 17.4. The van der Waals surface area contributed by atoms with Gasteiger partial charge in [0.15, 0.2) is 6.10 Å². The largest absolute Gasteiger partial charge is 0.479 e. The zero-order valence-electron chi connectivity index (χ0n) is 11.1. The topological polar surface area (TPSA) is 41.6 Å². The number of hydrogen-bond acceptors (Lipinski definition) is 3. The lowest BCUT2D eigenvalue weighted by Gasteiger charge is -2.29. The summed E-state index contributed by atoms with van der Waals surface area (Å²) in [5.41, 5.74) is 0. The van der Waals surface area contributed by atoms with E-state index in [1.54, 1.807) is 30.0 Å². The molecule has 112 valence electrons. The van der Waals surface area contributed by atoms with Crippen LogP contribution in [0, 0.1) is 0 Å². The predicted octanol–water partition coefficient (Wildman–Crippen LogP) is 2.61. The molecule has 1 aromatic carbocycles. The van der Waals surface area contributed by atoms with E-state index in [0.29, 0.717) is 28.9 Å². The number of benzene rings is 1. The number of nitrogens with zero attached hydrogens (tertiary/aromatic N) is 1. The molecule has 1 aliphatic rings. The Morgan fingerprint density at radius 2 is 2.00 bits per heavy atom. The third kappa shape index (κ3) is 4.42. The summed E-state index contributed by atoms with van der Waals surface area (Å²) in [5, 5.41) is 4.15. The number of nitrogens with one attached hydrogen (secondary N) is 1. The van der Waals surface area contributed by atoms with E-state index in [0.717, 1.165) is 13.1 Å². The highest BCUT2D eigenvalue weighted by Crippen LogP contribution is 2.28. The zero-order chi connectivity index (χ0) is 13.8. The summed E-state index contributed by atoms with van der Waals surface area (Å²) in [7, 11) is 0. The van der Waals surface area contributed by atoms with Gasteiger partial charge in [-0.25, -0.2) is 0 Å². The van der Waals surface area contributed by atoms with Crippen LogP contribution in [0.25, 0.3) is 0 Å². The molecule has 7 heteroatoms. The number of rotatable bonds is 3. The quantitative estimate of drug-likeness (QED) is 0.920. The van der Waals surface area contributed by atoms with Gasteiger partial charge in [0.2, 0.25) is 0 Å². The molecule has 20 heavy (non-hydrogen) atoms. The normalized spacial score (nSPS) is 16.2. The maximum atomic E-state index is 12.2. The number of carbonyl (C=O) groups is 1. The molecule has 1 amide bonds. The Kier molecular flexibility index (Phi) is 6.89. The highest BCUT2D eigenvalue weighted by molar-refractivity contribution is 6.35. The van der Waals surface area contributed by atoms with E-state index >= 15 is 0 Å². The number of hydrogen-bond donors (Lipinski definition) is 1. The van der Waals surface area contributed by atoms with Crippen LogP contribution in [0.5, 0.6) is 5.75 Å². The lowest BCUT2D eigenvalue weighted by atomic mass is 10.2. The first-order chi connectivity index (χ1) is 9.08. The number of halogens is 3. The molecule has 1 atom stereocenters. The third-order valence-electron chi connectivity index (χ3n) is 2.97. The maximum absolute atomic E-state index is 12.2. The average Bonchev–Trinajstić information content (AvgIpc) is 2.42. The average molecular weight is 340 g/mol. The fourth-order valence-electron chi connectivity index (χ4n) is 1.95. The van der Waals surface area contributed by atoms with Crippen molar-refractivity contribution in [3.05, 3.63) is 28.2 Å². The van der Waals surface area contributed by atoms with Gasteiger partial charge in [-0.05, 0) is 25.1 Å². The molecule has 2 rings (SSSR count). The predicted molar refractivity (Wildman–Crippen MR) is 83.2 cm³/mol. The first-order valence-electron chi connectivity index (χ1n) is 6.19. The van der Waals surface area contributed by atoms with Gasteiger partial charge in [-0.2, -0.15) is 0 Å². The summed E-state index contributed by atoms with van der Waals surface area (Å²) in [6.45, 7) is 4.79. The van der Waals surface area contributed by atoms with Gasteiger partial charge in [0.25, 0.3) is 5.91 Å². The van der Waals surface area contributed by atoms with Crippen LogP contribution >= 0.6 is 35.6 Å². The molecule has 1 heterocycles. The van der Waals surface area contributed by atoms with Crippen molar-refractivity contribution in [3.63, 3.8) is 0 Å². The Hall–Kier alpha value is -0.680. The van der Waals surface area contributed by atoms with Crippen LogP contribution in [-0.4, -0.2) is 43.1 Å². The second-order valence-corrected chi connectivity index (χ2v) is 5.25. The number of ether oxygens (including phenoxy) is 1. The van der Waals surface area contributed by atoms with Gasteiger partial charge in [-0.3, -0.25) is 4.79 Å². The monoisotopic (exact) mass is 338 g/mol. The second kappa shape index (κ2) is 7.93. The summed E-state index contributed by atoms with van der Waals surface area (Å²) in [4.78, 5) is 14.0. The Morgan fingerprint density at radius 1 is 1.35 bits per heavy atom. The van der Waals surface area contributed by atoms with Crippen LogP contribution in [0.1, 0.15) is 6.92 Å². The third-order valence-corrected chi connectivity index (χ3v) is 3.50. The van der Waals surface area contributed by atoms with Crippen LogP contribution < -0.4 is 10.1 Å².